The van der Waals surface area contributed by atoms with Crippen molar-refractivity contribution in [3.63, 3.8) is 0 Å². The van der Waals surface area contributed by atoms with Crippen LogP contribution in [0.5, 0.6) is 0 Å². The average molecular weight is 642 g/mol. The number of anilines is 3. The summed E-state index contributed by atoms with van der Waals surface area (Å²) in [5.41, 5.74) is 3.65. The number of Topliss-reactive ketones (excluding diaryl/α,β-unsaturated/α-hetero) is 2. The molecule has 1 aliphatic carbocycles. The van der Waals surface area contributed by atoms with Crippen LogP contribution in [0.25, 0.3) is 59.9 Å². The summed E-state index contributed by atoms with van der Waals surface area (Å²) in [5, 5.41) is 10.4. The largest absolute Gasteiger partial charge is 0.288 e. The second-order valence-corrected chi connectivity index (χ2v) is 13.0. The molecule has 2 aromatic heterocycles. The third-order valence-corrected chi connectivity index (χ3v) is 10.1. The molecule has 5 heteroatoms. The minimum Gasteiger partial charge on any atom is -0.288 e. The average Bonchev–Trinajstić information content (AvgIpc) is 3.38. The van der Waals surface area contributed by atoms with Gasteiger partial charge in [0.15, 0.2) is 11.6 Å². The fraction of sp³-hybridized carbons (Fsp3) is 0.0222. The molecule has 0 unspecified atom stereocenters. The van der Waals surface area contributed by atoms with Gasteiger partial charge in [-0.3, -0.25) is 14.5 Å². The van der Waals surface area contributed by atoms with Crippen LogP contribution < -0.4 is 4.90 Å². The first-order valence-corrected chi connectivity index (χ1v) is 16.6. The molecule has 0 saturated heterocycles. The molecule has 0 bridgehead atoms. The maximum absolute atomic E-state index is 13.9. The van der Waals surface area contributed by atoms with E-state index in [1.807, 2.05) is 67.8 Å². The quantitative estimate of drug-likeness (QED) is 0.109. The van der Waals surface area contributed by atoms with Crippen molar-refractivity contribution in [2.24, 2.45) is 0 Å². The number of pyridine rings is 2. The lowest BCUT2D eigenvalue weighted by molar-refractivity contribution is 0.0990. The molecule has 2 heterocycles. The molecule has 0 aliphatic heterocycles. The molecule has 1 aliphatic rings. The maximum Gasteiger partial charge on any atom is 0.197 e. The minimum atomic E-state index is -0.249. The van der Waals surface area contributed by atoms with Gasteiger partial charge in [-0.15, -0.1) is 0 Å². The Morgan fingerprint density at radius 3 is 1.80 bits per heavy atom. The van der Waals surface area contributed by atoms with Gasteiger partial charge in [-0.05, 0) is 75.1 Å². The summed E-state index contributed by atoms with van der Waals surface area (Å²) in [6, 6.07) is 43.0. The van der Waals surface area contributed by atoms with Gasteiger partial charge in [0.1, 0.15) is 11.6 Å². The fourth-order valence-electron chi connectivity index (χ4n) is 7.76. The molecule has 0 fully saturated rings. The fourth-order valence-corrected chi connectivity index (χ4v) is 7.76. The number of rotatable bonds is 4. The van der Waals surface area contributed by atoms with Crippen molar-refractivity contribution in [3.8, 4) is 0 Å². The zero-order chi connectivity index (χ0) is 33.5. The van der Waals surface area contributed by atoms with Crippen LogP contribution in [0.2, 0.25) is 0 Å². The Kier molecular flexibility index (Phi) is 6.02. The van der Waals surface area contributed by atoms with Gasteiger partial charge < -0.3 is 0 Å². The third kappa shape index (κ3) is 4.07. The van der Waals surface area contributed by atoms with Crippen molar-refractivity contribution in [2.45, 2.75) is 6.92 Å². The molecule has 0 atom stereocenters. The van der Waals surface area contributed by atoms with Crippen LogP contribution >= 0.6 is 0 Å². The number of aryl methyl sites for hydroxylation is 1. The van der Waals surface area contributed by atoms with Crippen LogP contribution in [0.3, 0.4) is 0 Å². The molecule has 50 heavy (non-hydrogen) atoms. The van der Waals surface area contributed by atoms with Gasteiger partial charge in [0.25, 0.3) is 0 Å². The molecule has 234 valence electrons. The lowest BCUT2D eigenvalue weighted by Gasteiger charge is -2.28. The van der Waals surface area contributed by atoms with Crippen molar-refractivity contribution < 1.29 is 9.59 Å². The van der Waals surface area contributed by atoms with Gasteiger partial charge in [-0.2, -0.15) is 0 Å². The summed E-state index contributed by atoms with van der Waals surface area (Å²) >= 11 is 0. The van der Waals surface area contributed by atoms with Crippen LogP contribution in [0, 0.1) is 6.92 Å². The van der Waals surface area contributed by atoms with E-state index in [1.165, 1.54) is 0 Å². The predicted octanol–water partition coefficient (Wildman–Crippen LogP) is 10.9. The highest BCUT2D eigenvalue weighted by Gasteiger charge is 2.33. The third-order valence-electron chi connectivity index (χ3n) is 10.1. The summed E-state index contributed by atoms with van der Waals surface area (Å²) in [6.07, 6.45) is 5.47. The Labute approximate surface area is 287 Å². The van der Waals surface area contributed by atoms with Gasteiger partial charge in [-0.25, -0.2) is 9.97 Å². The van der Waals surface area contributed by atoms with E-state index in [4.69, 9.17) is 9.97 Å². The van der Waals surface area contributed by atoms with Gasteiger partial charge >= 0.3 is 0 Å². The number of ketones is 2. The van der Waals surface area contributed by atoms with Crippen molar-refractivity contribution in [1.82, 2.24) is 9.97 Å². The van der Waals surface area contributed by atoms with E-state index in [9.17, 15) is 9.59 Å². The van der Waals surface area contributed by atoms with Crippen LogP contribution in [0.1, 0.15) is 31.8 Å². The maximum atomic E-state index is 13.9. The molecule has 0 radical (unpaired) electrons. The number of fused-ring (bicyclic) bond motifs is 3. The standard InChI is InChI=1S/C45H27N3O2/c1-26-13-16-35-37(23-26)43(50)38(42(35)49)24-31-25-39(36-18-15-30-10-6-9-29-14-17-32(31)41(36)40(29)30)48(44-33-11-4-2-7-27(33)19-21-46-44)45-34-12-5-3-8-28(34)20-22-47-45/h2-25H,1H3/b38-24+. The summed E-state index contributed by atoms with van der Waals surface area (Å²) in [6.45, 7) is 1.93. The first-order valence-electron chi connectivity index (χ1n) is 16.6. The number of hydrogen-bond acceptors (Lipinski definition) is 5. The van der Waals surface area contributed by atoms with E-state index in [1.54, 1.807) is 12.1 Å². The number of benzene rings is 7. The molecular weight excluding hydrogens is 615 g/mol. The van der Waals surface area contributed by atoms with Crippen LogP contribution in [-0.4, -0.2) is 21.5 Å². The van der Waals surface area contributed by atoms with E-state index in [0.717, 1.165) is 82.3 Å². The van der Waals surface area contributed by atoms with E-state index in [-0.39, 0.29) is 17.1 Å². The van der Waals surface area contributed by atoms with E-state index in [0.29, 0.717) is 11.1 Å². The highest BCUT2D eigenvalue weighted by atomic mass is 16.2. The number of hydrogen-bond donors (Lipinski definition) is 0. The number of allylic oxidation sites excluding steroid dienone is 1. The molecule has 5 nitrogen and oxygen atoms in total. The summed E-state index contributed by atoms with van der Waals surface area (Å²) in [5.74, 6) is 0.970. The highest BCUT2D eigenvalue weighted by Crippen LogP contribution is 2.47. The molecule has 0 saturated carbocycles. The molecular formula is C45H27N3O2. The van der Waals surface area contributed by atoms with Gasteiger partial charge in [0, 0.05) is 45.1 Å². The van der Waals surface area contributed by atoms with Crippen molar-refractivity contribution >= 4 is 88.8 Å². The van der Waals surface area contributed by atoms with E-state index >= 15 is 0 Å². The molecule has 0 amide bonds. The summed E-state index contributed by atoms with van der Waals surface area (Å²) < 4.78 is 0. The highest BCUT2D eigenvalue weighted by molar-refractivity contribution is 6.42. The Balaban J connectivity index is 1.35. The van der Waals surface area contributed by atoms with Crippen LogP contribution in [-0.2, 0) is 0 Å². The summed E-state index contributed by atoms with van der Waals surface area (Å²) in [7, 11) is 0. The number of carbonyl (C=O) groups is 2. The Morgan fingerprint density at radius 2 is 1.12 bits per heavy atom. The van der Waals surface area contributed by atoms with Crippen LogP contribution in [0.15, 0.2) is 145 Å². The normalized spacial score (nSPS) is 13.8. The van der Waals surface area contributed by atoms with Crippen molar-refractivity contribution in [3.05, 3.63) is 168 Å². The molecule has 10 rings (SSSR count). The molecule has 7 aromatic carbocycles. The topological polar surface area (TPSA) is 63.2 Å². The lowest BCUT2D eigenvalue weighted by Crippen LogP contribution is -2.15. The number of aromatic nitrogens is 2. The Bertz CT molecular complexity index is 2840. The first kappa shape index (κ1) is 28.3. The first-order chi connectivity index (χ1) is 24.5. The molecule has 0 spiro atoms. The number of nitrogens with zero attached hydrogens (tertiary/aromatic N) is 3. The monoisotopic (exact) mass is 641 g/mol. The SMILES string of the molecule is Cc1ccc2c(c1)C(=O)/C(=C/c1cc(N(c3nccc4ccccc34)c3nccc4ccccc34)c3ccc4cccc5ccc1c3c54)C2=O. The van der Waals surface area contributed by atoms with Gasteiger partial charge in [-0.1, -0.05) is 109 Å². The zero-order valence-corrected chi connectivity index (χ0v) is 27.0. The van der Waals surface area contributed by atoms with Crippen molar-refractivity contribution in [1.29, 1.82) is 0 Å². The minimum absolute atomic E-state index is 0.171. The zero-order valence-electron chi connectivity index (χ0n) is 27.0. The second-order valence-electron chi connectivity index (χ2n) is 13.0. The second kappa shape index (κ2) is 10.6. The molecule has 9 aromatic rings. The Morgan fingerprint density at radius 1 is 0.520 bits per heavy atom. The van der Waals surface area contributed by atoms with Crippen molar-refractivity contribution in [2.75, 3.05) is 4.90 Å². The van der Waals surface area contributed by atoms with Crippen LogP contribution in [0.4, 0.5) is 17.3 Å². The number of carbonyl (C=O) groups excluding carboxylic acids is 2. The van der Waals surface area contributed by atoms with E-state index in [2.05, 4.69) is 77.7 Å². The molecule has 0 N–H and O–H groups in total. The van der Waals surface area contributed by atoms with Gasteiger partial charge in [0.05, 0.1) is 11.3 Å². The Hall–Kier alpha value is -6.72. The lowest BCUT2D eigenvalue weighted by atomic mass is 9.89. The predicted molar refractivity (Wildman–Crippen MR) is 203 cm³/mol. The smallest absolute Gasteiger partial charge is 0.197 e. The van der Waals surface area contributed by atoms with E-state index < -0.39 is 0 Å². The van der Waals surface area contributed by atoms with Gasteiger partial charge in [0.2, 0.25) is 0 Å². The summed E-state index contributed by atoms with van der Waals surface area (Å²) in [4.78, 5) is 39.9.